The highest BCUT2D eigenvalue weighted by atomic mass is 16.5. The van der Waals surface area contributed by atoms with Gasteiger partial charge in [-0.1, -0.05) is 6.07 Å². The number of methoxy groups -OCH3 is 2. The predicted octanol–water partition coefficient (Wildman–Crippen LogP) is 3.16. The van der Waals surface area contributed by atoms with Gasteiger partial charge in [0.25, 0.3) is 0 Å². The number of carbonyl (C=O) groups excluding carboxylic acids is 1. The maximum Gasteiger partial charge on any atom is 0.241 e. The fraction of sp³-hybridized carbons (Fsp3) is 0.409. The summed E-state index contributed by atoms with van der Waals surface area (Å²) in [6.07, 6.45) is 0. The van der Waals surface area contributed by atoms with Gasteiger partial charge in [0.05, 0.1) is 25.9 Å². The van der Waals surface area contributed by atoms with Crippen LogP contribution in [0.15, 0.2) is 42.5 Å². The van der Waals surface area contributed by atoms with Gasteiger partial charge in [0.1, 0.15) is 11.5 Å². The van der Waals surface area contributed by atoms with Crippen LogP contribution in [0.5, 0.6) is 11.5 Å². The Kier molecular flexibility index (Phi) is 6.41. The van der Waals surface area contributed by atoms with Crippen molar-refractivity contribution in [1.82, 2.24) is 4.90 Å². The van der Waals surface area contributed by atoms with E-state index in [1.807, 2.05) is 44.2 Å². The van der Waals surface area contributed by atoms with Crippen molar-refractivity contribution in [2.75, 3.05) is 50.6 Å². The smallest absolute Gasteiger partial charge is 0.241 e. The van der Waals surface area contributed by atoms with E-state index in [0.29, 0.717) is 5.75 Å². The number of hydrogen-bond acceptors (Lipinski definition) is 5. The SMILES string of the molecule is COc1ccc(N2CCN(C(C)C(=O)Nc3cc(C)ccc3OC)CC2)cc1. The Balaban J connectivity index is 1.57. The van der Waals surface area contributed by atoms with Crippen molar-refractivity contribution in [3.8, 4) is 11.5 Å². The van der Waals surface area contributed by atoms with Crippen LogP contribution in [0.1, 0.15) is 12.5 Å². The lowest BCUT2D eigenvalue weighted by molar-refractivity contribution is -0.120. The van der Waals surface area contributed by atoms with E-state index in [1.54, 1.807) is 14.2 Å². The minimum Gasteiger partial charge on any atom is -0.497 e. The standard InChI is InChI=1S/C22H29N3O3/c1-16-5-10-21(28-4)20(15-16)23-22(26)17(2)24-11-13-25(14-12-24)18-6-8-19(27-3)9-7-18/h5-10,15,17H,11-14H2,1-4H3,(H,23,26). The number of nitrogens with one attached hydrogen (secondary N) is 1. The molecular formula is C22H29N3O3. The summed E-state index contributed by atoms with van der Waals surface area (Å²) in [4.78, 5) is 17.3. The Morgan fingerprint density at radius 2 is 1.68 bits per heavy atom. The second kappa shape index (κ2) is 8.97. The zero-order chi connectivity index (χ0) is 20.1. The fourth-order valence-electron chi connectivity index (χ4n) is 3.48. The van der Waals surface area contributed by atoms with Crippen molar-refractivity contribution in [2.45, 2.75) is 19.9 Å². The van der Waals surface area contributed by atoms with Crippen LogP contribution in [-0.4, -0.2) is 57.2 Å². The molecule has 1 amide bonds. The number of ether oxygens (including phenoxy) is 2. The molecule has 0 aromatic heterocycles. The molecule has 0 saturated carbocycles. The van der Waals surface area contributed by atoms with E-state index < -0.39 is 0 Å². The highest BCUT2D eigenvalue weighted by molar-refractivity contribution is 5.96. The molecule has 0 spiro atoms. The molecule has 1 saturated heterocycles. The van der Waals surface area contributed by atoms with E-state index in [2.05, 4.69) is 27.2 Å². The maximum absolute atomic E-state index is 12.8. The molecule has 2 aromatic rings. The molecule has 1 aliphatic heterocycles. The zero-order valence-corrected chi connectivity index (χ0v) is 17.1. The third kappa shape index (κ3) is 4.57. The zero-order valence-electron chi connectivity index (χ0n) is 17.1. The Labute approximate surface area is 167 Å². The normalized spacial score (nSPS) is 15.8. The molecule has 28 heavy (non-hydrogen) atoms. The number of piperazine rings is 1. The number of rotatable bonds is 6. The number of hydrogen-bond donors (Lipinski definition) is 1. The molecule has 150 valence electrons. The summed E-state index contributed by atoms with van der Waals surface area (Å²) in [7, 11) is 3.29. The number of anilines is 2. The molecule has 0 aliphatic carbocycles. The fourth-order valence-corrected chi connectivity index (χ4v) is 3.48. The van der Waals surface area contributed by atoms with Gasteiger partial charge >= 0.3 is 0 Å². The molecule has 0 radical (unpaired) electrons. The van der Waals surface area contributed by atoms with Gasteiger partial charge in [-0.05, 0) is 55.8 Å². The largest absolute Gasteiger partial charge is 0.497 e. The third-order valence-corrected chi connectivity index (χ3v) is 5.29. The topological polar surface area (TPSA) is 54.0 Å². The Morgan fingerprint density at radius 1 is 1.00 bits per heavy atom. The van der Waals surface area contributed by atoms with Crippen molar-refractivity contribution in [1.29, 1.82) is 0 Å². The van der Waals surface area contributed by atoms with E-state index in [4.69, 9.17) is 9.47 Å². The number of benzene rings is 2. The van der Waals surface area contributed by atoms with Crippen LogP contribution in [0, 0.1) is 6.92 Å². The van der Waals surface area contributed by atoms with Gasteiger partial charge in [0, 0.05) is 31.9 Å². The molecule has 1 unspecified atom stereocenters. The number of aryl methyl sites for hydroxylation is 1. The van der Waals surface area contributed by atoms with Crippen molar-refractivity contribution in [3.05, 3.63) is 48.0 Å². The Hall–Kier alpha value is -2.73. The van der Waals surface area contributed by atoms with Crippen molar-refractivity contribution >= 4 is 17.3 Å². The van der Waals surface area contributed by atoms with E-state index in [-0.39, 0.29) is 11.9 Å². The van der Waals surface area contributed by atoms with Gasteiger partial charge < -0.3 is 19.7 Å². The quantitative estimate of drug-likeness (QED) is 0.830. The van der Waals surface area contributed by atoms with Crippen molar-refractivity contribution in [2.24, 2.45) is 0 Å². The first-order valence-corrected chi connectivity index (χ1v) is 9.60. The molecule has 6 nitrogen and oxygen atoms in total. The number of nitrogens with zero attached hydrogens (tertiary/aromatic N) is 2. The molecule has 1 atom stereocenters. The second-order valence-electron chi connectivity index (χ2n) is 7.09. The molecule has 2 aromatic carbocycles. The second-order valence-corrected chi connectivity index (χ2v) is 7.09. The van der Waals surface area contributed by atoms with Gasteiger partial charge in [-0.2, -0.15) is 0 Å². The van der Waals surface area contributed by atoms with Gasteiger partial charge in [0.2, 0.25) is 5.91 Å². The van der Waals surface area contributed by atoms with Gasteiger partial charge in [0.15, 0.2) is 0 Å². The van der Waals surface area contributed by atoms with Crippen LogP contribution in [0.2, 0.25) is 0 Å². The minimum absolute atomic E-state index is 0.0122. The summed E-state index contributed by atoms with van der Waals surface area (Å²) in [6.45, 7) is 7.41. The lowest BCUT2D eigenvalue weighted by atomic mass is 10.1. The van der Waals surface area contributed by atoms with Crippen LogP contribution in [0.3, 0.4) is 0 Å². The van der Waals surface area contributed by atoms with Crippen LogP contribution in [-0.2, 0) is 4.79 Å². The average Bonchev–Trinajstić information content (AvgIpc) is 2.73. The Bertz CT molecular complexity index is 799. The average molecular weight is 383 g/mol. The van der Waals surface area contributed by atoms with Crippen LogP contribution < -0.4 is 19.7 Å². The first kappa shape index (κ1) is 20.0. The lowest BCUT2D eigenvalue weighted by Crippen LogP contribution is -2.52. The van der Waals surface area contributed by atoms with E-state index in [1.165, 1.54) is 5.69 Å². The summed E-state index contributed by atoms with van der Waals surface area (Å²) >= 11 is 0. The van der Waals surface area contributed by atoms with Crippen LogP contribution >= 0.6 is 0 Å². The van der Waals surface area contributed by atoms with Crippen LogP contribution in [0.25, 0.3) is 0 Å². The summed E-state index contributed by atoms with van der Waals surface area (Å²) in [5.74, 6) is 1.52. The Morgan fingerprint density at radius 3 is 2.29 bits per heavy atom. The molecular weight excluding hydrogens is 354 g/mol. The number of carbonyl (C=O) groups is 1. The maximum atomic E-state index is 12.8. The highest BCUT2D eigenvalue weighted by Gasteiger charge is 2.26. The van der Waals surface area contributed by atoms with E-state index in [9.17, 15) is 4.79 Å². The third-order valence-electron chi connectivity index (χ3n) is 5.29. The number of amides is 1. The van der Waals surface area contributed by atoms with E-state index >= 15 is 0 Å². The minimum atomic E-state index is -0.205. The molecule has 1 fully saturated rings. The highest BCUT2D eigenvalue weighted by Crippen LogP contribution is 2.26. The summed E-state index contributed by atoms with van der Waals surface area (Å²) in [5, 5.41) is 3.02. The first-order valence-electron chi connectivity index (χ1n) is 9.60. The summed E-state index contributed by atoms with van der Waals surface area (Å²) in [6, 6.07) is 13.7. The van der Waals surface area contributed by atoms with Crippen molar-refractivity contribution < 1.29 is 14.3 Å². The predicted molar refractivity (Wildman–Crippen MR) is 113 cm³/mol. The van der Waals surface area contributed by atoms with Gasteiger partial charge in [-0.15, -0.1) is 0 Å². The van der Waals surface area contributed by atoms with E-state index in [0.717, 1.165) is 43.2 Å². The summed E-state index contributed by atoms with van der Waals surface area (Å²) in [5.41, 5.74) is 2.98. The molecule has 1 N–H and O–H groups in total. The molecule has 6 heteroatoms. The van der Waals surface area contributed by atoms with Crippen molar-refractivity contribution in [3.63, 3.8) is 0 Å². The molecule has 3 rings (SSSR count). The lowest BCUT2D eigenvalue weighted by Gasteiger charge is -2.38. The molecule has 0 bridgehead atoms. The van der Waals surface area contributed by atoms with Gasteiger partial charge in [-0.3, -0.25) is 9.69 Å². The molecule has 1 aliphatic rings. The monoisotopic (exact) mass is 383 g/mol. The first-order chi connectivity index (χ1) is 13.5. The van der Waals surface area contributed by atoms with Gasteiger partial charge in [-0.25, -0.2) is 0 Å². The summed E-state index contributed by atoms with van der Waals surface area (Å²) < 4.78 is 10.6. The van der Waals surface area contributed by atoms with Crippen LogP contribution in [0.4, 0.5) is 11.4 Å². The molecule has 1 heterocycles.